The Morgan fingerprint density at radius 3 is 1.69 bits per heavy atom. The van der Waals surface area contributed by atoms with Gasteiger partial charge in [-0.25, -0.2) is 0 Å². The van der Waals surface area contributed by atoms with Gasteiger partial charge in [-0.15, -0.1) is 0 Å². The number of Topliss-reactive ketones (excluding diaryl/α,β-unsaturated/α-hetero) is 1. The molecule has 3 aliphatic heterocycles. The van der Waals surface area contributed by atoms with Gasteiger partial charge in [0.2, 0.25) is 0 Å². The third-order valence-electron chi connectivity index (χ3n) is 9.97. The Bertz CT molecular complexity index is 695. The molecular formula is C29H52O6. The summed E-state index contributed by atoms with van der Waals surface area (Å²) in [6.45, 7) is 23.6. The van der Waals surface area contributed by atoms with Crippen LogP contribution in [0.4, 0.5) is 0 Å². The summed E-state index contributed by atoms with van der Waals surface area (Å²) in [7, 11) is 0. The van der Waals surface area contributed by atoms with Crippen molar-refractivity contribution in [1.29, 1.82) is 0 Å². The smallest absolute Gasteiger partial charge is 0.162 e. The Balaban J connectivity index is 1.77. The van der Waals surface area contributed by atoms with Crippen LogP contribution in [0.3, 0.4) is 0 Å². The molecule has 0 bridgehead atoms. The van der Waals surface area contributed by atoms with Crippen LogP contribution in [0.1, 0.15) is 89.0 Å². The second-order valence-electron chi connectivity index (χ2n) is 12.0. The quantitative estimate of drug-likeness (QED) is 0.440. The van der Waals surface area contributed by atoms with Crippen molar-refractivity contribution in [1.82, 2.24) is 0 Å². The van der Waals surface area contributed by atoms with E-state index in [4.69, 9.17) is 23.7 Å². The van der Waals surface area contributed by atoms with E-state index in [2.05, 4.69) is 69.2 Å². The summed E-state index contributed by atoms with van der Waals surface area (Å²) >= 11 is 0. The highest BCUT2D eigenvalue weighted by Gasteiger charge is 2.50. The molecule has 3 rings (SSSR count). The lowest BCUT2D eigenvalue weighted by atomic mass is 9.78. The maximum Gasteiger partial charge on any atom is 0.162 e. The summed E-state index contributed by atoms with van der Waals surface area (Å²) in [5.41, 5.74) is 0. The molecule has 3 aliphatic rings. The molecule has 0 N–H and O–H groups in total. The van der Waals surface area contributed by atoms with Gasteiger partial charge in [-0.2, -0.15) is 0 Å². The third-order valence-corrected chi connectivity index (χ3v) is 9.97. The number of carbonyl (C=O) groups excluding carboxylic acids is 1. The molecule has 35 heavy (non-hydrogen) atoms. The van der Waals surface area contributed by atoms with Crippen LogP contribution in [0.15, 0.2) is 0 Å². The lowest BCUT2D eigenvalue weighted by Gasteiger charge is -2.50. The molecule has 3 saturated heterocycles. The van der Waals surface area contributed by atoms with Crippen molar-refractivity contribution < 1.29 is 28.5 Å². The van der Waals surface area contributed by atoms with Gasteiger partial charge in [0.05, 0.1) is 30.5 Å². The molecule has 0 saturated carbocycles. The topological polar surface area (TPSA) is 63.2 Å². The van der Waals surface area contributed by atoms with E-state index in [1.165, 1.54) is 0 Å². The lowest BCUT2D eigenvalue weighted by molar-refractivity contribution is -0.333. The van der Waals surface area contributed by atoms with Crippen molar-refractivity contribution in [2.45, 2.75) is 138 Å². The van der Waals surface area contributed by atoms with Crippen LogP contribution in [0, 0.1) is 41.4 Å². The zero-order valence-corrected chi connectivity index (χ0v) is 24.0. The molecule has 0 aromatic rings. The molecule has 0 spiro atoms. The molecule has 7 unspecified atom stereocenters. The van der Waals surface area contributed by atoms with Crippen LogP contribution >= 0.6 is 0 Å². The van der Waals surface area contributed by atoms with Gasteiger partial charge < -0.3 is 23.7 Å². The normalized spacial score (nSPS) is 51.2. The molecule has 6 heteroatoms. The molecule has 0 aliphatic carbocycles. The van der Waals surface area contributed by atoms with Gasteiger partial charge in [-0.05, 0) is 56.3 Å². The van der Waals surface area contributed by atoms with E-state index >= 15 is 0 Å². The first-order chi connectivity index (χ1) is 16.4. The highest BCUT2D eigenvalue weighted by molar-refractivity contribution is 5.81. The van der Waals surface area contributed by atoms with Gasteiger partial charge in [0.25, 0.3) is 0 Å². The van der Waals surface area contributed by atoms with E-state index in [9.17, 15) is 4.79 Å². The van der Waals surface area contributed by atoms with E-state index < -0.39 is 12.4 Å². The number of ether oxygens (including phenoxy) is 5. The van der Waals surface area contributed by atoms with Crippen molar-refractivity contribution in [3.8, 4) is 0 Å². The minimum atomic E-state index is -0.673. The zero-order valence-electron chi connectivity index (χ0n) is 24.0. The lowest BCUT2D eigenvalue weighted by Crippen LogP contribution is -2.59. The second-order valence-corrected chi connectivity index (χ2v) is 12.0. The second kappa shape index (κ2) is 11.9. The average Bonchev–Trinajstić information content (AvgIpc) is 2.83. The van der Waals surface area contributed by atoms with Gasteiger partial charge in [-0.1, -0.05) is 62.3 Å². The van der Waals surface area contributed by atoms with Crippen LogP contribution in [0.2, 0.25) is 0 Å². The first-order valence-electron chi connectivity index (χ1n) is 14.2. The van der Waals surface area contributed by atoms with Crippen LogP contribution in [0.25, 0.3) is 0 Å². The monoisotopic (exact) mass is 496 g/mol. The minimum absolute atomic E-state index is 0.0259. The van der Waals surface area contributed by atoms with Crippen molar-refractivity contribution >= 4 is 5.78 Å². The number of rotatable bonds is 7. The summed E-state index contributed by atoms with van der Waals surface area (Å²) < 4.78 is 32.4. The summed E-state index contributed by atoms with van der Waals surface area (Å²) in [6.07, 6.45) is 0.314. The largest absolute Gasteiger partial charge is 0.372 e. The molecule has 0 amide bonds. The molecule has 3 heterocycles. The number of hydrogen-bond donors (Lipinski definition) is 0. The highest BCUT2D eigenvalue weighted by Crippen LogP contribution is 2.42. The predicted octanol–water partition coefficient (Wildman–Crippen LogP) is 5.86. The Labute approximate surface area is 214 Å². The minimum Gasteiger partial charge on any atom is -0.372 e. The Kier molecular flexibility index (Phi) is 9.87. The van der Waals surface area contributed by atoms with Crippen LogP contribution in [0.5, 0.6) is 0 Å². The molecule has 15 atom stereocenters. The molecular weight excluding hydrogens is 444 g/mol. The number of ketones is 1. The van der Waals surface area contributed by atoms with Gasteiger partial charge in [0.15, 0.2) is 18.4 Å². The van der Waals surface area contributed by atoms with Gasteiger partial charge in [0, 0.05) is 11.8 Å². The summed E-state index contributed by atoms with van der Waals surface area (Å²) in [5.74, 6) is 2.03. The van der Waals surface area contributed by atoms with E-state index in [-0.39, 0.29) is 60.3 Å². The fourth-order valence-electron chi connectivity index (χ4n) is 6.35. The molecule has 0 radical (unpaired) electrons. The molecule has 3 fully saturated rings. The molecule has 204 valence electrons. The maximum absolute atomic E-state index is 12.8. The number of hydrogen-bond acceptors (Lipinski definition) is 6. The Hall–Kier alpha value is -0.530. The van der Waals surface area contributed by atoms with Crippen LogP contribution in [-0.4, -0.2) is 55.0 Å². The van der Waals surface area contributed by atoms with Crippen molar-refractivity contribution in [3.05, 3.63) is 0 Å². The first-order valence-corrected chi connectivity index (χ1v) is 14.2. The molecule has 0 aromatic heterocycles. The van der Waals surface area contributed by atoms with Crippen LogP contribution in [-0.2, 0) is 28.5 Å². The van der Waals surface area contributed by atoms with Crippen LogP contribution < -0.4 is 0 Å². The van der Waals surface area contributed by atoms with E-state index in [0.717, 1.165) is 12.8 Å². The fourth-order valence-corrected chi connectivity index (χ4v) is 6.35. The summed E-state index contributed by atoms with van der Waals surface area (Å²) in [4.78, 5) is 12.8. The van der Waals surface area contributed by atoms with E-state index in [0.29, 0.717) is 23.7 Å². The standard InChI is InChI=1S/C29H52O6/c1-12-23-16(5)14(3)19(8)28(32-23)34-26-18(7)20(9)29(35-27(26)21(10)30)33-25-17(6)15(4)22(11)31-24(25)13-2/h14-20,22-29H,12-13H2,1-11H3/t14-,15?,16+,17+,18+,19?,20?,22?,23?,24?,25+,26+,27?,28-,29+/m0/s1. The van der Waals surface area contributed by atoms with Gasteiger partial charge >= 0.3 is 0 Å². The zero-order chi connectivity index (χ0) is 26.2. The van der Waals surface area contributed by atoms with E-state index in [1.807, 2.05) is 0 Å². The van der Waals surface area contributed by atoms with Gasteiger partial charge in [-0.3, -0.25) is 4.79 Å². The Morgan fingerprint density at radius 1 is 0.600 bits per heavy atom. The highest BCUT2D eigenvalue weighted by atomic mass is 16.7. The SMILES string of the molecule is CCC1O[C@@H](O[C@H]2C(C(C)=O)O[C@@H](O[C@H]3C(CC)OC(C)C(C)[C@H]3C)C(C)[C@H]2C)C(C)[C@@H](C)[C@H]1C. The van der Waals surface area contributed by atoms with Crippen molar-refractivity contribution in [3.63, 3.8) is 0 Å². The molecule has 0 aromatic carbocycles. The average molecular weight is 497 g/mol. The van der Waals surface area contributed by atoms with E-state index in [1.54, 1.807) is 6.92 Å². The van der Waals surface area contributed by atoms with Gasteiger partial charge in [0.1, 0.15) is 6.10 Å². The first kappa shape index (κ1) is 29.0. The predicted molar refractivity (Wildman–Crippen MR) is 137 cm³/mol. The summed E-state index contributed by atoms with van der Waals surface area (Å²) in [5, 5.41) is 0. The summed E-state index contributed by atoms with van der Waals surface area (Å²) in [6, 6.07) is 0. The third kappa shape index (κ3) is 5.82. The van der Waals surface area contributed by atoms with Crippen molar-refractivity contribution in [2.24, 2.45) is 41.4 Å². The Morgan fingerprint density at radius 2 is 1.11 bits per heavy atom. The number of carbonyl (C=O) groups is 1. The fraction of sp³-hybridized carbons (Fsp3) is 0.966. The molecule has 6 nitrogen and oxygen atoms in total. The maximum atomic E-state index is 12.8. The van der Waals surface area contributed by atoms with Crippen molar-refractivity contribution in [2.75, 3.05) is 0 Å².